The minimum Gasteiger partial charge on any atom is -0.297 e. The first kappa shape index (κ1) is 16.1. The van der Waals surface area contributed by atoms with E-state index in [-0.39, 0.29) is 16.6 Å². The van der Waals surface area contributed by atoms with E-state index in [1.54, 1.807) is 0 Å². The average Bonchev–Trinajstić information content (AvgIpc) is 2.78. The van der Waals surface area contributed by atoms with Crippen LogP contribution in [0.15, 0.2) is 9.59 Å². The van der Waals surface area contributed by atoms with E-state index >= 15 is 0 Å². The predicted octanol–water partition coefficient (Wildman–Crippen LogP) is 3.36. The summed E-state index contributed by atoms with van der Waals surface area (Å²) in [5.41, 5.74) is -1.36. The molecular weight excluding hydrogens is 309 g/mol. The van der Waals surface area contributed by atoms with Gasteiger partial charge in [-0.3, -0.25) is 14.3 Å². The van der Waals surface area contributed by atoms with Crippen LogP contribution < -0.4 is 11.2 Å². The minimum atomic E-state index is -4.45. The van der Waals surface area contributed by atoms with Crippen molar-refractivity contribution in [2.45, 2.75) is 57.2 Å². The Labute approximate surface area is 123 Å². The second kappa shape index (κ2) is 5.87. The molecule has 0 aromatic carbocycles. The molecule has 0 spiro atoms. The first-order chi connectivity index (χ1) is 9.70. The summed E-state index contributed by atoms with van der Waals surface area (Å²) >= 11 is 5.93. The van der Waals surface area contributed by atoms with Crippen LogP contribution in [0, 0.1) is 0 Å². The van der Waals surface area contributed by atoms with Crippen LogP contribution in [0.5, 0.6) is 0 Å². The van der Waals surface area contributed by atoms with Gasteiger partial charge in [-0.05, 0) is 25.7 Å². The molecule has 1 aliphatic rings. The zero-order chi connectivity index (χ0) is 15.8. The molecule has 1 N–H and O–H groups in total. The molecule has 0 bridgehead atoms. The Morgan fingerprint density at radius 1 is 1.33 bits per heavy atom. The highest BCUT2D eigenvalue weighted by atomic mass is 35.5. The number of rotatable bonds is 3. The Hall–Kier alpha value is -1.24. The van der Waals surface area contributed by atoms with E-state index in [2.05, 4.69) is 4.98 Å². The van der Waals surface area contributed by atoms with Crippen molar-refractivity contribution in [3.05, 3.63) is 31.6 Å². The van der Waals surface area contributed by atoms with Gasteiger partial charge in [0.05, 0.1) is 12.0 Å². The van der Waals surface area contributed by atoms with Gasteiger partial charge < -0.3 is 0 Å². The molecule has 1 atom stereocenters. The van der Waals surface area contributed by atoms with Crippen LogP contribution in [0.4, 0.5) is 13.2 Å². The van der Waals surface area contributed by atoms with E-state index < -0.39 is 29.9 Å². The minimum absolute atomic E-state index is 0.0487. The van der Waals surface area contributed by atoms with Gasteiger partial charge in [0.15, 0.2) is 0 Å². The Morgan fingerprint density at radius 2 is 1.90 bits per heavy atom. The number of halogens is 4. The molecule has 118 valence electrons. The standard InChI is InChI=1S/C13H16ClF3N2O2/c1-7(6-13(15,16)17)19-11(20)9(8-4-2-3-5-8)10(14)18-12(19)21/h7-8H,2-6H2,1H3,(H,18,21). The van der Waals surface area contributed by atoms with E-state index in [1.165, 1.54) is 6.92 Å². The Kier molecular flexibility index (Phi) is 4.51. The third-order valence-electron chi connectivity index (χ3n) is 3.85. The van der Waals surface area contributed by atoms with E-state index in [1.807, 2.05) is 0 Å². The van der Waals surface area contributed by atoms with Crippen molar-refractivity contribution in [1.29, 1.82) is 0 Å². The maximum absolute atomic E-state index is 12.5. The maximum atomic E-state index is 12.5. The lowest BCUT2D eigenvalue weighted by Gasteiger charge is -2.19. The van der Waals surface area contributed by atoms with Gasteiger partial charge in [-0.25, -0.2) is 4.79 Å². The molecule has 1 fully saturated rings. The van der Waals surface area contributed by atoms with Gasteiger partial charge in [-0.15, -0.1) is 0 Å². The van der Waals surface area contributed by atoms with Crippen LogP contribution >= 0.6 is 11.6 Å². The summed E-state index contributed by atoms with van der Waals surface area (Å²) in [4.78, 5) is 26.5. The monoisotopic (exact) mass is 324 g/mol. The molecule has 1 unspecified atom stereocenters. The number of H-pyrrole nitrogens is 1. The quantitative estimate of drug-likeness (QED) is 0.867. The normalized spacial score (nSPS) is 18.1. The fourth-order valence-electron chi connectivity index (χ4n) is 2.93. The molecule has 0 radical (unpaired) electrons. The number of alkyl halides is 3. The summed E-state index contributed by atoms with van der Waals surface area (Å²) in [7, 11) is 0. The third kappa shape index (κ3) is 3.51. The smallest absolute Gasteiger partial charge is 0.297 e. The van der Waals surface area contributed by atoms with Gasteiger partial charge in [-0.1, -0.05) is 24.4 Å². The summed E-state index contributed by atoms with van der Waals surface area (Å²) in [5.74, 6) is -0.0915. The molecule has 0 amide bonds. The summed E-state index contributed by atoms with van der Waals surface area (Å²) in [5, 5.41) is -0.0487. The van der Waals surface area contributed by atoms with E-state index in [4.69, 9.17) is 11.6 Å². The van der Waals surface area contributed by atoms with Crippen LogP contribution in [0.3, 0.4) is 0 Å². The number of aromatic amines is 1. The fraction of sp³-hybridized carbons (Fsp3) is 0.692. The first-order valence-corrected chi connectivity index (χ1v) is 7.19. The lowest BCUT2D eigenvalue weighted by molar-refractivity contribution is -0.142. The molecule has 1 aromatic heterocycles. The first-order valence-electron chi connectivity index (χ1n) is 6.81. The highest BCUT2D eigenvalue weighted by Crippen LogP contribution is 2.35. The molecule has 4 nitrogen and oxygen atoms in total. The van der Waals surface area contributed by atoms with E-state index in [0.717, 1.165) is 25.7 Å². The second-order valence-electron chi connectivity index (χ2n) is 5.48. The number of aromatic nitrogens is 2. The van der Waals surface area contributed by atoms with Crippen molar-refractivity contribution in [3.8, 4) is 0 Å². The number of nitrogens with one attached hydrogen (secondary N) is 1. The van der Waals surface area contributed by atoms with Crippen molar-refractivity contribution in [3.63, 3.8) is 0 Å². The number of nitrogens with zero attached hydrogens (tertiary/aromatic N) is 1. The molecule has 1 heterocycles. The Balaban J connectivity index is 2.49. The summed E-state index contributed by atoms with van der Waals surface area (Å²) < 4.78 is 38.1. The maximum Gasteiger partial charge on any atom is 0.391 e. The van der Waals surface area contributed by atoms with Crippen LogP contribution in [-0.2, 0) is 0 Å². The van der Waals surface area contributed by atoms with Crippen LogP contribution in [0.2, 0.25) is 5.15 Å². The van der Waals surface area contributed by atoms with Gasteiger partial charge in [0.25, 0.3) is 5.56 Å². The molecule has 21 heavy (non-hydrogen) atoms. The highest BCUT2D eigenvalue weighted by molar-refractivity contribution is 6.30. The van der Waals surface area contributed by atoms with Gasteiger partial charge in [0.2, 0.25) is 0 Å². The molecule has 8 heteroatoms. The van der Waals surface area contributed by atoms with Crippen LogP contribution in [-0.4, -0.2) is 15.7 Å². The number of hydrogen-bond donors (Lipinski definition) is 1. The molecular formula is C13H16ClF3N2O2. The van der Waals surface area contributed by atoms with Crippen molar-refractivity contribution >= 4 is 11.6 Å². The van der Waals surface area contributed by atoms with Gasteiger partial charge in [-0.2, -0.15) is 13.2 Å². The zero-order valence-corrected chi connectivity index (χ0v) is 12.2. The topological polar surface area (TPSA) is 54.9 Å². The van der Waals surface area contributed by atoms with Gasteiger partial charge in [0, 0.05) is 6.04 Å². The summed E-state index contributed by atoms with van der Waals surface area (Å²) in [6, 6.07) is -1.27. The molecule has 0 aliphatic heterocycles. The van der Waals surface area contributed by atoms with Crippen molar-refractivity contribution in [2.75, 3.05) is 0 Å². The van der Waals surface area contributed by atoms with Gasteiger partial charge >= 0.3 is 11.9 Å². The summed E-state index contributed by atoms with van der Waals surface area (Å²) in [6.45, 7) is 1.20. The largest absolute Gasteiger partial charge is 0.391 e. The highest BCUT2D eigenvalue weighted by Gasteiger charge is 2.33. The van der Waals surface area contributed by atoms with Crippen LogP contribution in [0.1, 0.15) is 56.6 Å². The fourth-order valence-corrected chi connectivity index (χ4v) is 3.25. The lowest BCUT2D eigenvalue weighted by atomic mass is 10.0. The van der Waals surface area contributed by atoms with Crippen LogP contribution in [0.25, 0.3) is 0 Å². The average molecular weight is 325 g/mol. The molecule has 1 saturated carbocycles. The molecule has 2 rings (SSSR count). The van der Waals surface area contributed by atoms with Crippen molar-refractivity contribution in [1.82, 2.24) is 9.55 Å². The Bertz CT molecular complexity index is 630. The zero-order valence-electron chi connectivity index (χ0n) is 11.5. The Morgan fingerprint density at radius 3 is 2.43 bits per heavy atom. The molecule has 1 aliphatic carbocycles. The predicted molar refractivity (Wildman–Crippen MR) is 72.9 cm³/mol. The molecule has 1 aromatic rings. The van der Waals surface area contributed by atoms with Crippen molar-refractivity contribution < 1.29 is 13.2 Å². The number of hydrogen-bond acceptors (Lipinski definition) is 2. The third-order valence-corrected chi connectivity index (χ3v) is 4.15. The SMILES string of the molecule is CC(CC(F)(F)F)n1c(=O)[nH]c(Cl)c(C2CCCC2)c1=O. The second-order valence-corrected chi connectivity index (χ2v) is 5.86. The molecule has 0 saturated heterocycles. The van der Waals surface area contributed by atoms with Crippen molar-refractivity contribution in [2.24, 2.45) is 0 Å². The van der Waals surface area contributed by atoms with E-state index in [0.29, 0.717) is 4.57 Å². The summed E-state index contributed by atoms with van der Waals surface area (Å²) in [6.07, 6.45) is -2.28. The van der Waals surface area contributed by atoms with E-state index in [9.17, 15) is 22.8 Å². The van der Waals surface area contributed by atoms with Gasteiger partial charge in [0.1, 0.15) is 5.15 Å². The lowest BCUT2D eigenvalue weighted by Crippen LogP contribution is -2.41.